The Hall–Kier alpha value is -1.22. The molecule has 1 N–H and O–H groups in total. The molecule has 94 valence electrons. The molecule has 1 aliphatic heterocycles. The molecule has 1 heterocycles. The summed E-state index contributed by atoms with van der Waals surface area (Å²) in [5.74, 6) is 0. The van der Waals surface area contributed by atoms with Crippen LogP contribution in [0.1, 0.15) is 12.8 Å². The van der Waals surface area contributed by atoms with Gasteiger partial charge in [0.2, 0.25) is 0 Å². The number of anilines is 2. The normalized spacial score (nSPS) is 21.2. The topological polar surface area (TPSA) is 18.5 Å². The van der Waals surface area contributed by atoms with E-state index in [1.165, 1.54) is 30.8 Å². The van der Waals surface area contributed by atoms with Gasteiger partial charge in [-0.05, 0) is 38.6 Å². The molecule has 1 atom stereocenters. The molecule has 17 heavy (non-hydrogen) atoms. The highest BCUT2D eigenvalue weighted by Crippen LogP contribution is 2.25. The van der Waals surface area contributed by atoms with Crippen molar-refractivity contribution in [3.8, 4) is 0 Å². The van der Waals surface area contributed by atoms with E-state index < -0.39 is 0 Å². The molecule has 0 bridgehead atoms. The standard InChI is InChI=1S/C14H23N3/c1-16(2)14-9-5-4-8-13(14)15-12-7-6-10-17(3)11-12/h4-5,8-9,12,15H,6-7,10-11H2,1-3H3. The van der Waals surface area contributed by atoms with E-state index in [0.29, 0.717) is 6.04 Å². The van der Waals surface area contributed by atoms with Crippen LogP contribution in [0.4, 0.5) is 11.4 Å². The zero-order valence-electron chi connectivity index (χ0n) is 11.1. The van der Waals surface area contributed by atoms with Crippen LogP contribution in [0.15, 0.2) is 24.3 Å². The van der Waals surface area contributed by atoms with Gasteiger partial charge in [-0.15, -0.1) is 0 Å². The first-order valence-electron chi connectivity index (χ1n) is 6.38. The minimum Gasteiger partial charge on any atom is -0.379 e. The maximum atomic E-state index is 3.68. The van der Waals surface area contributed by atoms with Gasteiger partial charge >= 0.3 is 0 Å². The van der Waals surface area contributed by atoms with Crippen molar-refractivity contribution in [2.75, 3.05) is 44.4 Å². The summed E-state index contributed by atoms with van der Waals surface area (Å²) < 4.78 is 0. The Balaban J connectivity index is 2.07. The van der Waals surface area contributed by atoms with Gasteiger partial charge in [0.05, 0.1) is 11.4 Å². The van der Waals surface area contributed by atoms with E-state index in [1.807, 2.05) is 0 Å². The van der Waals surface area contributed by atoms with Crippen LogP contribution >= 0.6 is 0 Å². The number of nitrogens with one attached hydrogen (secondary N) is 1. The summed E-state index contributed by atoms with van der Waals surface area (Å²) in [6, 6.07) is 9.10. The summed E-state index contributed by atoms with van der Waals surface area (Å²) >= 11 is 0. The first-order chi connectivity index (χ1) is 8.16. The van der Waals surface area contributed by atoms with Crippen LogP contribution in [0, 0.1) is 0 Å². The van der Waals surface area contributed by atoms with Crippen LogP contribution in [-0.4, -0.2) is 45.2 Å². The van der Waals surface area contributed by atoms with E-state index in [4.69, 9.17) is 0 Å². The Bertz CT molecular complexity index is 362. The lowest BCUT2D eigenvalue weighted by molar-refractivity contribution is 0.261. The molecular formula is C14H23N3. The number of nitrogens with zero attached hydrogens (tertiary/aromatic N) is 2. The van der Waals surface area contributed by atoms with Crippen LogP contribution in [0.2, 0.25) is 0 Å². The molecule has 0 aliphatic carbocycles. The molecule has 0 saturated carbocycles. The highest BCUT2D eigenvalue weighted by atomic mass is 15.1. The van der Waals surface area contributed by atoms with Gasteiger partial charge in [-0.1, -0.05) is 12.1 Å². The average Bonchev–Trinajstić information content (AvgIpc) is 2.29. The number of para-hydroxylation sites is 2. The zero-order chi connectivity index (χ0) is 12.3. The van der Waals surface area contributed by atoms with Crippen molar-refractivity contribution >= 4 is 11.4 Å². The lowest BCUT2D eigenvalue weighted by Gasteiger charge is -2.32. The summed E-state index contributed by atoms with van der Waals surface area (Å²) in [5.41, 5.74) is 2.51. The Labute approximate surface area is 104 Å². The summed E-state index contributed by atoms with van der Waals surface area (Å²) in [5, 5.41) is 3.68. The van der Waals surface area contributed by atoms with Crippen molar-refractivity contribution in [2.24, 2.45) is 0 Å². The highest BCUT2D eigenvalue weighted by molar-refractivity contribution is 5.69. The molecule has 1 fully saturated rings. The van der Waals surface area contributed by atoms with Crippen molar-refractivity contribution in [3.05, 3.63) is 24.3 Å². The van der Waals surface area contributed by atoms with Crippen molar-refractivity contribution in [2.45, 2.75) is 18.9 Å². The molecule has 3 nitrogen and oxygen atoms in total. The number of rotatable bonds is 3. The lowest BCUT2D eigenvalue weighted by Crippen LogP contribution is -2.39. The maximum Gasteiger partial charge on any atom is 0.0596 e. The zero-order valence-corrected chi connectivity index (χ0v) is 11.1. The second-order valence-electron chi connectivity index (χ2n) is 5.16. The molecule has 1 unspecified atom stereocenters. The fourth-order valence-corrected chi connectivity index (χ4v) is 2.49. The van der Waals surface area contributed by atoms with E-state index in [-0.39, 0.29) is 0 Å². The fraction of sp³-hybridized carbons (Fsp3) is 0.571. The van der Waals surface area contributed by atoms with Gasteiger partial charge in [0.1, 0.15) is 0 Å². The smallest absolute Gasteiger partial charge is 0.0596 e. The van der Waals surface area contributed by atoms with Crippen molar-refractivity contribution in [3.63, 3.8) is 0 Å². The minimum absolute atomic E-state index is 0.579. The average molecular weight is 233 g/mol. The van der Waals surface area contributed by atoms with E-state index in [0.717, 1.165) is 6.54 Å². The molecule has 3 heteroatoms. The van der Waals surface area contributed by atoms with Crippen molar-refractivity contribution in [1.29, 1.82) is 0 Å². The van der Waals surface area contributed by atoms with Gasteiger partial charge in [0, 0.05) is 26.7 Å². The molecule has 0 amide bonds. The molecule has 1 saturated heterocycles. The number of likely N-dealkylation sites (N-methyl/N-ethyl adjacent to an activating group) is 1. The first kappa shape index (κ1) is 12.2. The largest absolute Gasteiger partial charge is 0.379 e. The number of hydrogen-bond acceptors (Lipinski definition) is 3. The van der Waals surface area contributed by atoms with Crippen LogP contribution in [0.5, 0.6) is 0 Å². The van der Waals surface area contributed by atoms with Gasteiger partial charge in [0.15, 0.2) is 0 Å². The number of hydrogen-bond donors (Lipinski definition) is 1. The molecule has 1 aromatic carbocycles. The molecule has 0 aromatic heterocycles. The maximum absolute atomic E-state index is 3.68. The van der Waals surface area contributed by atoms with Gasteiger partial charge in [0.25, 0.3) is 0 Å². The van der Waals surface area contributed by atoms with Crippen molar-refractivity contribution < 1.29 is 0 Å². The SMILES string of the molecule is CN1CCCC(Nc2ccccc2N(C)C)C1. The summed E-state index contributed by atoms with van der Waals surface area (Å²) in [6.45, 7) is 2.37. The number of likely N-dealkylation sites (tertiary alicyclic amines) is 1. The van der Waals surface area contributed by atoms with Crippen LogP contribution in [-0.2, 0) is 0 Å². The summed E-state index contributed by atoms with van der Waals surface area (Å²) in [4.78, 5) is 4.56. The molecule has 0 spiro atoms. The Morgan fingerprint density at radius 2 is 2.06 bits per heavy atom. The lowest BCUT2D eigenvalue weighted by atomic mass is 10.1. The second kappa shape index (κ2) is 5.41. The molecule has 0 radical (unpaired) electrons. The van der Waals surface area contributed by atoms with E-state index in [1.54, 1.807) is 0 Å². The Kier molecular flexibility index (Phi) is 3.89. The first-order valence-corrected chi connectivity index (χ1v) is 6.38. The van der Waals surface area contributed by atoms with Crippen LogP contribution < -0.4 is 10.2 Å². The predicted molar refractivity (Wildman–Crippen MR) is 74.9 cm³/mol. The Morgan fingerprint density at radius 1 is 1.29 bits per heavy atom. The number of piperidine rings is 1. The van der Waals surface area contributed by atoms with E-state index in [9.17, 15) is 0 Å². The van der Waals surface area contributed by atoms with E-state index >= 15 is 0 Å². The third-order valence-electron chi connectivity index (χ3n) is 3.37. The van der Waals surface area contributed by atoms with Gasteiger partial charge < -0.3 is 15.1 Å². The summed E-state index contributed by atoms with van der Waals surface area (Å²) in [6.07, 6.45) is 2.56. The highest BCUT2D eigenvalue weighted by Gasteiger charge is 2.17. The molecule has 2 rings (SSSR count). The number of benzene rings is 1. The molecular weight excluding hydrogens is 210 g/mol. The third-order valence-corrected chi connectivity index (χ3v) is 3.37. The van der Waals surface area contributed by atoms with E-state index in [2.05, 4.69) is 60.5 Å². The second-order valence-corrected chi connectivity index (χ2v) is 5.16. The predicted octanol–water partition coefficient (Wildman–Crippen LogP) is 2.26. The van der Waals surface area contributed by atoms with Gasteiger partial charge in [-0.3, -0.25) is 0 Å². The monoisotopic (exact) mass is 233 g/mol. The summed E-state index contributed by atoms with van der Waals surface area (Å²) in [7, 11) is 6.38. The third kappa shape index (κ3) is 3.13. The van der Waals surface area contributed by atoms with Gasteiger partial charge in [-0.25, -0.2) is 0 Å². The fourth-order valence-electron chi connectivity index (χ4n) is 2.49. The van der Waals surface area contributed by atoms with Crippen LogP contribution in [0.25, 0.3) is 0 Å². The van der Waals surface area contributed by atoms with Gasteiger partial charge in [-0.2, -0.15) is 0 Å². The van der Waals surface area contributed by atoms with Crippen molar-refractivity contribution in [1.82, 2.24) is 4.90 Å². The quantitative estimate of drug-likeness (QED) is 0.864. The minimum atomic E-state index is 0.579. The van der Waals surface area contributed by atoms with Crippen LogP contribution in [0.3, 0.4) is 0 Å². The molecule has 1 aromatic rings. The molecule has 1 aliphatic rings. The Morgan fingerprint density at radius 3 is 2.76 bits per heavy atom.